The Kier molecular flexibility index (Phi) is 9.13. The third-order valence-corrected chi connectivity index (χ3v) is 6.21. The van der Waals surface area contributed by atoms with Crippen LogP contribution in [0.3, 0.4) is 0 Å². The Morgan fingerprint density at radius 3 is 2.70 bits per heavy atom. The lowest BCUT2D eigenvalue weighted by molar-refractivity contribution is 0.0356. The number of aliphatic hydroxyl groups excluding tert-OH is 1. The Hall–Kier alpha value is -3.62. The molecule has 2 N–H and O–H groups in total. The normalized spacial score (nSPS) is 18.2. The molecule has 2 aromatic heterocycles. The smallest absolute Gasteiger partial charge is 0.321 e. The van der Waals surface area contributed by atoms with E-state index >= 15 is 0 Å². The van der Waals surface area contributed by atoms with Gasteiger partial charge in [-0.25, -0.2) is 9.78 Å². The summed E-state index contributed by atoms with van der Waals surface area (Å²) in [5.74, 6) is 6.32. The topological polar surface area (TPSA) is 124 Å². The molecule has 0 fully saturated rings. The van der Waals surface area contributed by atoms with E-state index in [1.165, 1.54) is 4.90 Å². The average Bonchev–Trinajstić information content (AvgIpc) is 3.17. The number of nitrogens with one attached hydrogen (secondary N) is 1. The summed E-state index contributed by atoms with van der Waals surface area (Å²) in [4.78, 5) is 35.9. The predicted octanol–water partition coefficient (Wildman–Crippen LogP) is 1.98. The lowest BCUT2D eigenvalue weighted by Crippen LogP contribution is -2.50. The fraction of sp³-hybridized carbons (Fsp3) is 0.538. The number of hydrogen-bond donors (Lipinski definition) is 2. The van der Waals surface area contributed by atoms with Crippen molar-refractivity contribution in [3.8, 4) is 17.7 Å². The summed E-state index contributed by atoms with van der Waals surface area (Å²) in [5.41, 5.74) is 1.99. The second-order valence-electron chi connectivity index (χ2n) is 9.75. The highest BCUT2D eigenvalue weighted by Crippen LogP contribution is 2.27. The minimum atomic E-state index is -0.473. The van der Waals surface area contributed by atoms with Gasteiger partial charge in [-0.05, 0) is 40.9 Å². The maximum atomic E-state index is 13.5. The fourth-order valence-corrected chi connectivity index (χ4v) is 3.90. The minimum Gasteiger partial charge on any atom is -0.472 e. The molecule has 11 nitrogen and oxygen atoms in total. The van der Waals surface area contributed by atoms with Crippen LogP contribution in [0.15, 0.2) is 16.8 Å². The number of carbonyl (C=O) groups excluding carboxylic acids is 2. The zero-order valence-electron chi connectivity index (χ0n) is 22.5. The van der Waals surface area contributed by atoms with Crippen molar-refractivity contribution in [2.24, 2.45) is 5.92 Å². The van der Waals surface area contributed by atoms with E-state index in [1.54, 1.807) is 45.0 Å². The molecule has 0 aromatic carbocycles. The molecule has 1 aliphatic heterocycles. The van der Waals surface area contributed by atoms with E-state index in [0.717, 1.165) is 0 Å². The average molecular weight is 513 g/mol. The number of aryl methyl sites for hydroxylation is 2. The highest BCUT2D eigenvalue weighted by Gasteiger charge is 2.34. The standard InChI is InChI=1S/C26H36N6O5/c1-16-13-32(17(2)15-33)25(34)21-11-20(9-8-10-30(5)6)12-27-24(21)36-22(16)14-31(7)26(35)28-23-18(3)29-37-19(23)4/h11-12,16-17,22,33H,10,13-15H2,1-7H3,(H,28,35)/t16-,17-,22+/m0/s1. The van der Waals surface area contributed by atoms with Gasteiger partial charge >= 0.3 is 6.03 Å². The van der Waals surface area contributed by atoms with Crippen molar-refractivity contribution in [1.29, 1.82) is 0 Å². The Balaban J connectivity index is 1.88. The first-order valence-electron chi connectivity index (χ1n) is 12.2. The second kappa shape index (κ2) is 12.1. The minimum absolute atomic E-state index is 0.165. The molecule has 1 aliphatic rings. The van der Waals surface area contributed by atoms with Crippen molar-refractivity contribution in [3.05, 3.63) is 34.8 Å². The van der Waals surface area contributed by atoms with Gasteiger partial charge in [0.05, 0.1) is 25.7 Å². The van der Waals surface area contributed by atoms with E-state index in [9.17, 15) is 14.7 Å². The lowest BCUT2D eigenvalue weighted by Gasteiger charge is -2.37. The second-order valence-corrected chi connectivity index (χ2v) is 9.75. The molecule has 37 heavy (non-hydrogen) atoms. The van der Waals surface area contributed by atoms with Crippen LogP contribution in [0.4, 0.5) is 10.5 Å². The van der Waals surface area contributed by atoms with Crippen LogP contribution < -0.4 is 10.1 Å². The SMILES string of the molecule is Cc1noc(C)c1NC(=O)N(C)C[C@H]1Oc2ncc(C#CCN(C)C)cc2C(=O)N([C@@H](C)CO)C[C@@H]1C. The Morgan fingerprint density at radius 2 is 2.08 bits per heavy atom. The van der Waals surface area contributed by atoms with Gasteiger partial charge in [0, 0.05) is 31.3 Å². The molecule has 0 unspecified atom stereocenters. The first-order valence-corrected chi connectivity index (χ1v) is 12.2. The van der Waals surface area contributed by atoms with E-state index in [-0.39, 0.29) is 42.5 Å². The molecular weight excluding hydrogens is 476 g/mol. The van der Waals surface area contributed by atoms with E-state index in [0.29, 0.717) is 35.8 Å². The highest BCUT2D eigenvalue weighted by molar-refractivity contribution is 5.97. The van der Waals surface area contributed by atoms with Crippen molar-refractivity contribution in [2.75, 3.05) is 52.7 Å². The first kappa shape index (κ1) is 28.0. The molecule has 0 spiro atoms. The summed E-state index contributed by atoms with van der Waals surface area (Å²) in [6, 6.07) is 0.917. The zero-order chi connectivity index (χ0) is 27.3. The van der Waals surface area contributed by atoms with Crippen molar-refractivity contribution < 1.29 is 24.0 Å². The summed E-state index contributed by atoms with van der Waals surface area (Å²) in [6.45, 7) is 8.16. The molecule has 3 rings (SSSR count). The number of aromatic nitrogens is 2. The summed E-state index contributed by atoms with van der Waals surface area (Å²) < 4.78 is 11.4. The third-order valence-electron chi connectivity index (χ3n) is 6.21. The van der Waals surface area contributed by atoms with Crippen LogP contribution in [0, 0.1) is 31.6 Å². The molecule has 0 aliphatic carbocycles. The van der Waals surface area contributed by atoms with Gasteiger partial charge in [-0.3, -0.25) is 9.69 Å². The number of pyridine rings is 1. The highest BCUT2D eigenvalue weighted by atomic mass is 16.5. The van der Waals surface area contributed by atoms with Crippen molar-refractivity contribution in [3.63, 3.8) is 0 Å². The van der Waals surface area contributed by atoms with Crippen LogP contribution >= 0.6 is 0 Å². The number of nitrogens with zero attached hydrogens (tertiary/aromatic N) is 5. The van der Waals surface area contributed by atoms with E-state index in [4.69, 9.17) is 9.26 Å². The maximum absolute atomic E-state index is 13.5. The summed E-state index contributed by atoms with van der Waals surface area (Å²) in [5, 5.41) is 16.5. The molecule has 11 heteroatoms. The predicted molar refractivity (Wildman–Crippen MR) is 138 cm³/mol. The van der Waals surface area contributed by atoms with Crippen LogP contribution in [0.5, 0.6) is 5.88 Å². The van der Waals surface area contributed by atoms with Gasteiger partial charge in [0.1, 0.15) is 23.0 Å². The summed E-state index contributed by atoms with van der Waals surface area (Å²) >= 11 is 0. The van der Waals surface area contributed by atoms with Gasteiger partial charge in [-0.15, -0.1) is 0 Å². The summed E-state index contributed by atoms with van der Waals surface area (Å²) in [7, 11) is 5.51. The number of urea groups is 1. The third kappa shape index (κ3) is 6.78. The van der Waals surface area contributed by atoms with E-state index in [2.05, 4.69) is 27.3 Å². The molecule has 2 aromatic rings. The van der Waals surface area contributed by atoms with Crippen LogP contribution in [-0.2, 0) is 0 Å². The molecule has 0 saturated carbocycles. The van der Waals surface area contributed by atoms with Crippen molar-refractivity contribution in [2.45, 2.75) is 39.8 Å². The van der Waals surface area contributed by atoms with Crippen LogP contribution in [0.1, 0.15) is 41.2 Å². The molecular formula is C26H36N6O5. The Morgan fingerprint density at radius 1 is 1.35 bits per heavy atom. The molecule has 3 amide bonds. The lowest BCUT2D eigenvalue weighted by atomic mass is 10.00. The maximum Gasteiger partial charge on any atom is 0.321 e. The molecule has 200 valence electrons. The monoisotopic (exact) mass is 512 g/mol. The van der Waals surface area contributed by atoms with Gasteiger partial charge in [-0.1, -0.05) is 23.9 Å². The number of fused-ring (bicyclic) bond motifs is 1. The molecule has 3 atom stereocenters. The van der Waals surface area contributed by atoms with Crippen molar-refractivity contribution >= 4 is 17.6 Å². The number of carbonyl (C=O) groups is 2. The van der Waals surface area contributed by atoms with Crippen LogP contribution in [0.2, 0.25) is 0 Å². The van der Waals surface area contributed by atoms with E-state index in [1.807, 2.05) is 25.9 Å². The number of anilines is 1. The number of rotatable bonds is 6. The quantitative estimate of drug-likeness (QED) is 0.563. The Labute approximate surface area is 217 Å². The number of aliphatic hydroxyl groups is 1. The van der Waals surface area contributed by atoms with Crippen molar-refractivity contribution in [1.82, 2.24) is 24.8 Å². The first-order chi connectivity index (χ1) is 17.5. The number of hydrogen-bond acceptors (Lipinski definition) is 8. The van der Waals surface area contributed by atoms with Gasteiger partial charge in [0.15, 0.2) is 5.76 Å². The van der Waals surface area contributed by atoms with Gasteiger partial charge in [-0.2, -0.15) is 0 Å². The van der Waals surface area contributed by atoms with Crippen LogP contribution in [0.25, 0.3) is 0 Å². The van der Waals surface area contributed by atoms with Gasteiger partial charge < -0.3 is 29.5 Å². The molecule has 0 saturated heterocycles. The Bertz CT molecular complexity index is 1160. The number of likely N-dealkylation sites (N-methyl/N-ethyl adjacent to an activating group) is 1. The number of ether oxygens (including phenoxy) is 1. The van der Waals surface area contributed by atoms with Gasteiger partial charge in [0.2, 0.25) is 5.88 Å². The zero-order valence-corrected chi connectivity index (χ0v) is 22.5. The largest absolute Gasteiger partial charge is 0.472 e. The number of amides is 3. The van der Waals surface area contributed by atoms with E-state index < -0.39 is 12.1 Å². The van der Waals surface area contributed by atoms with Gasteiger partial charge in [0.25, 0.3) is 5.91 Å². The summed E-state index contributed by atoms with van der Waals surface area (Å²) in [6.07, 6.45) is 1.10. The molecule has 3 heterocycles. The van der Waals surface area contributed by atoms with Crippen LogP contribution in [-0.4, -0.2) is 101 Å². The molecule has 0 radical (unpaired) electrons. The molecule has 0 bridgehead atoms. The fourth-order valence-electron chi connectivity index (χ4n) is 3.90.